The van der Waals surface area contributed by atoms with Crippen molar-refractivity contribution < 1.29 is 9.53 Å². The van der Waals surface area contributed by atoms with E-state index in [1.54, 1.807) is 0 Å². The van der Waals surface area contributed by atoms with E-state index in [2.05, 4.69) is 11.4 Å². The summed E-state index contributed by atoms with van der Waals surface area (Å²) in [6.45, 7) is 1.04. The van der Waals surface area contributed by atoms with E-state index >= 15 is 0 Å². The van der Waals surface area contributed by atoms with Crippen LogP contribution in [0.5, 0.6) is 11.5 Å². The predicted molar refractivity (Wildman–Crippen MR) is 73.4 cm³/mol. The Balaban J connectivity index is 1.69. The summed E-state index contributed by atoms with van der Waals surface area (Å²) in [6, 6.07) is 0.477. The Hall–Kier alpha value is -1.61. The molecule has 20 heavy (non-hydrogen) atoms. The average Bonchev–Trinajstić information content (AvgIpc) is 3.28. The lowest BCUT2D eigenvalue weighted by Gasteiger charge is -2.53. The first-order valence-electron chi connectivity index (χ1n) is 7.61. The van der Waals surface area contributed by atoms with Gasteiger partial charge in [-0.2, -0.15) is 0 Å². The molecule has 0 unspecified atom stereocenters. The number of rotatable bonds is 0. The van der Waals surface area contributed by atoms with Gasteiger partial charge in [0.05, 0.1) is 0 Å². The van der Waals surface area contributed by atoms with E-state index in [9.17, 15) is 4.79 Å². The van der Waals surface area contributed by atoms with Crippen LogP contribution >= 0.6 is 0 Å². The van der Waals surface area contributed by atoms with Gasteiger partial charge in [0, 0.05) is 41.3 Å². The largest absolute Gasteiger partial charge is 0.449 e. The maximum Gasteiger partial charge on any atom is 0.174 e. The number of allylic oxidation sites excluding steroid dienone is 1. The van der Waals surface area contributed by atoms with E-state index < -0.39 is 0 Å². The van der Waals surface area contributed by atoms with Gasteiger partial charge in [-0.25, -0.2) is 0 Å². The van der Waals surface area contributed by atoms with Crippen molar-refractivity contribution in [3.63, 3.8) is 0 Å². The molecule has 2 bridgehead atoms. The lowest BCUT2D eigenvalue weighted by molar-refractivity contribution is -0.117. The second kappa shape index (κ2) is 2.86. The topological polar surface area (TPSA) is 41.6 Å². The Morgan fingerprint density at radius 3 is 3.10 bits per heavy atom. The summed E-state index contributed by atoms with van der Waals surface area (Å²) in [5, 5.41) is 3.67. The highest BCUT2D eigenvalue weighted by Crippen LogP contribution is 2.66. The third kappa shape index (κ3) is 0.966. The summed E-state index contributed by atoms with van der Waals surface area (Å²) in [6.07, 6.45) is 7.95. The van der Waals surface area contributed by atoms with Crippen LogP contribution in [0, 0.1) is 5.92 Å². The van der Waals surface area contributed by atoms with Gasteiger partial charge < -0.3 is 10.1 Å². The maximum atomic E-state index is 12.1. The molecular weight excluding hydrogens is 250 g/mol. The van der Waals surface area contributed by atoms with Crippen molar-refractivity contribution in [1.29, 1.82) is 0 Å². The number of fused-ring (bicyclic) bond motifs is 6. The number of nitrogens with one attached hydrogen (secondary N) is 1. The van der Waals surface area contributed by atoms with Crippen molar-refractivity contribution >= 4 is 5.78 Å². The van der Waals surface area contributed by atoms with Crippen molar-refractivity contribution in [3.05, 3.63) is 34.4 Å². The first kappa shape index (κ1) is 10.2. The molecule has 1 aromatic carbocycles. The number of ether oxygens (including phenoxy) is 1. The summed E-state index contributed by atoms with van der Waals surface area (Å²) >= 11 is 0. The lowest BCUT2D eigenvalue weighted by Crippen LogP contribution is -2.59. The molecular formula is C17H15NO2. The van der Waals surface area contributed by atoms with Crippen LogP contribution in [0.2, 0.25) is 0 Å². The van der Waals surface area contributed by atoms with Gasteiger partial charge in [0.2, 0.25) is 0 Å². The zero-order valence-corrected chi connectivity index (χ0v) is 11.2. The molecule has 0 amide bonds. The summed E-state index contributed by atoms with van der Waals surface area (Å²) < 4.78 is 5.76. The van der Waals surface area contributed by atoms with Crippen molar-refractivity contribution in [2.24, 2.45) is 5.92 Å². The molecule has 1 aromatic rings. The minimum atomic E-state index is 0.0664. The molecule has 2 aliphatic heterocycles. The Labute approximate surface area is 117 Å². The average molecular weight is 265 g/mol. The SMILES string of the molecule is O=C1C=C[C@H]2[C@H]3Cc4c5c(c6c(c4[C@@]2(CCN3)C1)C6)O5. The number of hydrogen-bond donors (Lipinski definition) is 1. The van der Waals surface area contributed by atoms with Crippen LogP contribution in [0.1, 0.15) is 35.1 Å². The van der Waals surface area contributed by atoms with Crippen LogP contribution in [0.3, 0.4) is 0 Å². The van der Waals surface area contributed by atoms with Crippen LogP contribution in [-0.2, 0) is 23.1 Å². The fourth-order valence-corrected chi connectivity index (χ4v) is 5.22. The number of piperidine rings is 1. The van der Waals surface area contributed by atoms with Gasteiger partial charge in [-0.05, 0) is 36.6 Å². The quantitative estimate of drug-likeness (QED) is 0.632. The smallest absolute Gasteiger partial charge is 0.174 e. The Morgan fingerprint density at radius 2 is 2.15 bits per heavy atom. The van der Waals surface area contributed by atoms with E-state index in [1.807, 2.05) is 6.08 Å². The highest BCUT2D eigenvalue weighted by atomic mass is 16.6. The molecule has 3 aliphatic carbocycles. The molecule has 0 aromatic heterocycles. The normalized spacial score (nSPS) is 37.3. The maximum absolute atomic E-state index is 12.1. The van der Waals surface area contributed by atoms with Gasteiger partial charge in [-0.3, -0.25) is 4.79 Å². The van der Waals surface area contributed by atoms with E-state index in [4.69, 9.17) is 4.74 Å². The molecule has 3 atom stereocenters. The van der Waals surface area contributed by atoms with Gasteiger partial charge in [0.25, 0.3) is 0 Å². The first-order valence-corrected chi connectivity index (χ1v) is 7.61. The van der Waals surface area contributed by atoms with Gasteiger partial charge in [-0.1, -0.05) is 6.08 Å². The van der Waals surface area contributed by atoms with Crippen molar-refractivity contribution in [2.45, 2.75) is 37.1 Å². The van der Waals surface area contributed by atoms with Crippen LogP contribution in [0.25, 0.3) is 0 Å². The summed E-state index contributed by atoms with van der Waals surface area (Å²) in [4.78, 5) is 12.1. The van der Waals surface area contributed by atoms with E-state index in [0.717, 1.165) is 31.6 Å². The minimum absolute atomic E-state index is 0.0664. The second-order valence-corrected chi connectivity index (χ2v) is 6.95. The number of carbonyl (C=O) groups is 1. The van der Waals surface area contributed by atoms with E-state index in [1.165, 1.54) is 28.0 Å². The van der Waals surface area contributed by atoms with E-state index in [-0.39, 0.29) is 5.41 Å². The van der Waals surface area contributed by atoms with Gasteiger partial charge >= 0.3 is 0 Å². The number of ketones is 1. The highest BCUT2D eigenvalue weighted by molar-refractivity contribution is 5.93. The molecule has 0 radical (unpaired) electrons. The number of carbonyl (C=O) groups excluding carboxylic acids is 1. The third-order valence-corrected chi connectivity index (χ3v) is 6.06. The van der Waals surface area contributed by atoms with Gasteiger partial charge in [0.15, 0.2) is 17.3 Å². The Kier molecular flexibility index (Phi) is 1.46. The standard InChI is InChI=1S/C17H15NO2/c19-8-1-2-12-13-6-11-14(17(12,7-8)3-4-18-13)9-5-10(9)15-16(11)20-15/h1-2,12-13,18H,3-7H2/t12-,13+,17-/m0/s1. The molecule has 2 heterocycles. The second-order valence-electron chi connectivity index (χ2n) is 6.95. The first-order chi connectivity index (χ1) is 9.78. The number of hydrogen-bond acceptors (Lipinski definition) is 3. The van der Waals surface area contributed by atoms with Gasteiger partial charge in [-0.15, -0.1) is 0 Å². The molecule has 6 rings (SSSR count). The highest BCUT2D eigenvalue weighted by Gasteiger charge is 2.57. The summed E-state index contributed by atoms with van der Waals surface area (Å²) in [5.41, 5.74) is 5.96. The molecule has 3 heteroatoms. The van der Waals surface area contributed by atoms with Gasteiger partial charge in [0.1, 0.15) is 0 Å². The lowest BCUT2D eigenvalue weighted by atomic mass is 9.54. The molecule has 3 nitrogen and oxygen atoms in total. The fourth-order valence-electron chi connectivity index (χ4n) is 5.22. The van der Waals surface area contributed by atoms with Crippen LogP contribution in [0.15, 0.2) is 12.2 Å². The molecule has 0 saturated carbocycles. The molecule has 1 saturated heterocycles. The minimum Gasteiger partial charge on any atom is -0.449 e. The molecule has 1 fully saturated rings. The molecule has 5 aliphatic rings. The Bertz CT molecular complexity index is 748. The molecule has 0 spiro atoms. The number of benzene rings is 1. The zero-order valence-electron chi connectivity index (χ0n) is 11.2. The van der Waals surface area contributed by atoms with Crippen molar-refractivity contribution in [2.75, 3.05) is 6.54 Å². The van der Waals surface area contributed by atoms with Crippen molar-refractivity contribution in [1.82, 2.24) is 5.32 Å². The van der Waals surface area contributed by atoms with Crippen LogP contribution < -0.4 is 10.1 Å². The Morgan fingerprint density at radius 1 is 1.25 bits per heavy atom. The summed E-state index contributed by atoms with van der Waals surface area (Å²) in [7, 11) is 0. The van der Waals surface area contributed by atoms with Crippen LogP contribution in [-0.4, -0.2) is 18.4 Å². The zero-order chi connectivity index (χ0) is 13.1. The molecule has 100 valence electrons. The van der Waals surface area contributed by atoms with Crippen LogP contribution in [0.4, 0.5) is 0 Å². The summed E-state index contributed by atoms with van der Waals surface area (Å²) in [5.74, 6) is 3.12. The molecule has 1 N–H and O–H groups in total. The third-order valence-electron chi connectivity index (χ3n) is 6.06. The predicted octanol–water partition coefficient (Wildman–Crippen LogP) is 2.00. The monoisotopic (exact) mass is 265 g/mol. The van der Waals surface area contributed by atoms with Crippen molar-refractivity contribution in [3.8, 4) is 11.5 Å². The van der Waals surface area contributed by atoms with E-state index in [0.29, 0.717) is 24.2 Å². The fraction of sp³-hybridized carbons (Fsp3) is 0.471.